The van der Waals surface area contributed by atoms with Gasteiger partial charge in [-0.1, -0.05) is 15.9 Å². The third kappa shape index (κ3) is 2.84. The molecule has 0 unspecified atom stereocenters. The van der Waals surface area contributed by atoms with Crippen molar-refractivity contribution in [2.75, 3.05) is 11.1 Å². The van der Waals surface area contributed by atoms with E-state index in [2.05, 4.69) is 37.2 Å². The van der Waals surface area contributed by atoms with Crippen molar-refractivity contribution in [3.8, 4) is 0 Å². The van der Waals surface area contributed by atoms with E-state index in [4.69, 9.17) is 5.73 Å². The molecule has 2 rings (SSSR count). The van der Waals surface area contributed by atoms with E-state index in [0.717, 1.165) is 21.4 Å². The zero-order valence-corrected chi connectivity index (χ0v) is 12.8. The van der Waals surface area contributed by atoms with Gasteiger partial charge in [-0.3, -0.25) is 0 Å². The summed E-state index contributed by atoms with van der Waals surface area (Å²) >= 11 is 6.52. The summed E-state index contributed by atoms with van der Waals surface area (Å²) in [5.74, 6) is -0.276. The summed E-state index contributed by atoms with van der Waals surface area (Å²) in [6, 6.07) is 8.76. The Morgan fingerprint density at radius 1 is 1.11 bits per heavy atom. The molecule has 2 aromatic carbocycles. The molecular weight excluding hydrogens is 363 g/mol. The van der Waals surface area contributed by atoms with Crippen LogP contribution < -0.4 is 11.1 Å². The van der Waals surface area contributed by atoms with Crippen molar-refractivity contribution in [3.05, 3.63) is 50.7 Å². The van der Waals surface area contributed by atoms with E-state index in [1.807, 2.05) is 25.1 Å². The highest BCUT2D eigenvalue weighted by Gasteiger charge is 2.07. The molecule has 0 atom stereocenters. The van der Waals surface area contributed by atoms with Gasteiger partial charge in [0.25, 0.3) is 0 Å². The Morgan fingerprint density at radius 2 is 1.83 bits per heavy atom. The number of nitrogens with two attached hydrogens (primary N) is 1. The van der Waals surface area contributed by atoms with Crippen molar-refractivity contribution in [1.82, 2.24) is 0 Å². The Hall–Kier alpha value is -1.07. The van der Waals surface area contributed by atoms with E-state index >= 15 is 0 Å². The predicted octanol–water partition coefficient (Wildman–Crippen LogP) is 4.98. The van der Waals surface area contributed by atoms with Crippen LogP contribution in [0.3, 0.4) is 0 Å². The molecule has 0 saturated carbocycles. The molecule has 0 fully saturated rings. The normalized spacial score (nSPS) is 10.4. The van der Waals surface area contributed by atoms with Gasteiger partial charge in [0.15, 0.2) is 0 Å². The van der Waals surface area contributed by atoms with Gasteiger partial charge in [-0.15, -0.1) is 0 Å². The Kier molecular flexibility index (Phi) is 3.92. The first-order valence-corrected chi connectivity index (χ1v) is 6.83. The Labute approximate surface area is 122 Å². The Morgan fingerprint density at radius 3 is 2.50 bits per heavy atom. The van der Waals surface area contributed by atoms with Crippen LogP contribution in [0.4, 0.5) is 21.5 Å². The quantitative estimate of drug-likeness (QED) is 0.728. The van der Waals surface area contributed by atoms with Crippen LogP contribution >= 0.6 is 31.9 Å². The fraction of sp³-hybridized carbons (Fsp3) is 0.0769. The molecule has 0 spiro atoms. The van der Waals surface area contributed by atoms with Crippen LogP contribution in [0.25, 0.3) is 0 Å². The standard InChI is InChI=1S/C13H11Br2FN2/c1-7-4-10(16)9(15)6-13(7)18-12-3-2-8(14)5-11(12)17/h2-6,18H,17H2,1H3. The lowest BCUT2D eigenvalue weighted by atomic mass is 10.2. The molecule has 94 valence electrons. The summed E-state index contributed by atoms with van der Waals surface area (Å²) in [6.45, 7) is 1.84. The Balaban J connectivity index is 2.37. The molecule has 0 radical (unpaired) electrons. The smallest absolute Gasteiger partial charge is 0.137 e. The zero-order valence-electron chi connectivity index (χ0n) is 9.60. The fourth-order valence-electron chi connectivity index (χ4n) is 1.57. The highest BCUT2D eigenvalue weighted by atomic mass is 79.9. The molecule has 0 amide bonds. The fourth-order valence-corrected chi connectivity index (χ4v) is 2.30. The van der Waals surface area contributed by atoms with E-state index in [1.165, 1.54) is 6.07 Å². The lowest BCUT2D eigenvalue weighted by Gasteiger charge is -2.13. The van der Waals surface area contributed by atoms with Crippen molar-refractivity contribution >= 4 is 48.9 Å². The molecule has 0 aliphatic rings. The molecule has 3 N–H and O–H groups in total. The number of rotatable bonds is 2. The van der Waals surface area contributed by atoms with E-state index in [-0.39, 0.29) is 5.82 Å². The summed E-state index contributed by atoms with van der Waals surface area (Å²) in [7, 11) is 0. The monoisotopic (exact) mass is 372 g/mol. The molecule has 0 saturated heterocycles. The van der Waals surface area contributed by atoms with Crippen LogP contribution in [-0.2, 0) is 0 Å². The van der Waals surface area contributed by atoms with E-state index in [9.17, 15) is 4.39 Å². The second kappa shape index (κ2) is 5.28. The number of anilines is 3. The molecule has 0 bridgehead atoms. The topological polar surface area (TPSA) is 38.0 Å². The van der Waals surface area contributed by atoms with Gasteiger partial charge < -0.3 is 11.1 Å². The third-order valence-electron chi connectivity index (χ3n) is 2.55. The van der Waals surface area contributed by atoms with Crippen LogP contribution in [0, 0.1) is 12.7 Å². The first-order valence-electron chi connectivity index (χ1n) is 5.25. The minimum atomic E-state index is -0.276. The van der Waals surface area contributed by atoms with Crippen LogP contribution in [0.2, 0.25) is 0 Å². The molecule has 2 aromatic rings. The lowest BCUT2D eigenvalue weighted by Crippen LogP contribution is -1.98. The summed E-state index contributed by atoms with van der Waals surface area (Å²) in [5, 5.41) is 3.19. The van der Waals surface area contributed by atoms with Crippen LogP contribution in [-0.4, -0.2) is 0 Å². The van der Waals surface area contributed by atoms with Gasteiger partial charge in [-0.25, -0.2) is 4.39 Å². The van der Waals surface area contributed by atoms with Crippen molar-refractivity contribution in [2.24, 2.45) is 0 Å². The zero-order chi connectivity index (χ0) is 13.3. The SMILES string of the molecule is Cc1cc(F)c(Br)cc1Nc1ccc(Br)cc1N. The van der Waals surface area contributed by atoms with Crippen LogP contribution in [0.15, 0.2) is 39.3 Å². The van der Waals surface area contributed by atoms with Gasteiger partial charge in [0.2, 0.25) is 0 Å². The molecule has 0 aliphatic carbocycles. The minimum Gasteiger partial charge on any atom is -0.397 e. The summed E-state index contributed by atoms with van der Waals surface area (Å²) in [5.41, 5.74) is 8.96. The van der Waals surface area contributed by atoms with Gasteiger partial charge >= 0.3 is 0 Å². The highest BCUT2D eigenvalue weighted by molar-refractivity contribution is 9.10. The average molecular weight is 374 g/mol. The van der Waals surface area contributed by atoms with Crippen LogP contribution in [0.1, 0.15) is 5.56 Å². The summed E-state index contributed by atoms with van der Waals surface area (Å²) < 4.78 is 14.7. The molecule has 0 heterocycles. The van der Waals surface area contributed by atoms with Crippen molar-refractivity contribution in [2.45, 2.75) is 6.92 Å². The number of nitrogens with one attached hydrogen (secondary N) is 1. The third-order valence-corrected chi connectivity index (χ3v) is 3.65. The molecule has 0 aliphatic heterocycles. The second-order valence-electron chi connectivity index (χ2n) is 3.94. The number of hydrogen-bond acceptors (Lipinski definition) is 2. The van der Waals surface area contributed by atoms with Gasteiger partial charge in [-0.2, -0.15) is 0 Å². The van der Waals surface area contributed by atoms with E-state index in [1.54, 1.807) is 6.07 Å². The maximum atomic E-state index is 13.3. The van der Waals surface area contributed by atoms with E-state index in [0.29, 0.717) is 10.2 Å². The summed E-state index contributed by atoms with van der Waals surface area (Å²) in [4.78, 5) is 0. The molecule has 2 nitrogen and oxygen atoms in total. The first-order chi connectivity index (χ1) is 8.47. The van der Waals surface area contributed by atoms with Crippen molar-refractivity contribution < 1.29 is 4.39 Å². The largest absolute Gasteiger partial charge is 0.397 e. The average Bonchev–Trinajstić information content (AvgIpc) is 2.29. The van der Waals surface area contributed by atoms with Crippen molar-refractivity contribution in [3.63, 3.8) is 0 Å². The number of benzene rings is 2. The van der Waals surface area contributed by atoms with E-state index < -0.39 is 0 Å². The maximum absolute atomic E-state index is 13.3. The maximum Gasteiger partial charge on any atom is 0.137 e. The number of aryl methyl sites for hydroxylation is 1. The van der Waals surface area contributed by atoms with Gasteiger partial charge in [0, 0.05) is 10.2 Å². The summed E-state index contributed by atoms with van der Waals surface area (Å²) in [6.07, 6.45) is 0. The number of halogens is 3. The van der Waals surface area contributed by atoms with Crippen molar-refractivity contribution in [1.29, 1.82) is 0 Å². The molecule has 0 aromatic heterocycles. The Bertz CT molecular complexity index is 600. The van der Waals surface area contributed by atoms with Crippen LogP contribution in [0.5, 0.6) is 0 Å². The van der Waals surface area contributed by atoms with Gasteiger partial charge in [0.1, 0.15) is 5.82 Å². The molecular formula is C13H11Br2FN2. The minimum absolute atomic E-state index is 0.276. The number of hydrogen-bond donors (Lipinski definition) is 2. The highest BCUT2D eigenvalue weighted by Crippen LogP contribution is 2.30. The molecule has 18 heavy (non-hydrogen) atoms. The van der Waals surface area contributed by atoms with Gasteiger partial charge in [0.05, 0.1) is 15.8 Å². The second-order valence-corrected chi connectivity index (χ2v) is 5.71. The predicted molar refractivity (Wildman–Crippen MR) is 80.7 cm³/mol. The number of nitrogen functional groups attached to an aromatic ring is 1. The molecule has 5 heteroatoms. The van der Waals surface area contributed by atoms with Gasteiger partial charge in [-0.05, 0) is 58.7 Å². The first kappa shape index (κ1) is 13.4. The lowest BCUT2D eigenvalue weighted by molar-refractivity contribution is 0.620.